The van der Waals surface area contributed by atoms with Gasteiger partial charge >= 0.3 is 0 Å². The third-order valence-corrected chi connectivity index (χ3v) is 5.22. The van der Waals surface area contributed by atoms with E-state index in [-0.39, 0.29) is 17.6 Å². The van der Waals surface area contributed by atoms with Crippen LogP contribution in [0, 0.1) is 0 Å². The number of sulfone groups is 1. The SMILES string of the molecule is CCCNCc1cc(Cl)ccc1OC1CCS(=O)(=O)C1. The van der Waals surface area contributed by atoms with Crippen LogP contribution in [-0.4, -0.2) is 32.6 Å². The van der Waals surface area contributed by atoms with Crippen LogP contribution >= 0.6 is 11.6 Å². The molecular formula is C14H20ClNO3S. The van der Waals surface area contributed by atoms with E-state index in [9.17, 15) is 8.42 Å². The van der Waals surface area contributed by atoms with Crippen molar-refractivity contribution in [1.82, 2.24) is 5.32 Å². The Labute approximate surface area is 125 Å². The monoisotopic (exact) mass is 317 g/mol. The number of nitrogens with one attached hydrogen (secondary N) is 1. The Morgan fingerprint density at radius 3 is 2.90 bits per heavy atom. The molecule has 20 heavy (non-hydrogen) atoms. The molecule has 1 fully saturated rings. The molecule has 0 amide bonds. The predicted octanol–water partition coefficient (Wildman–Crippen LogP) is 2.41. The Morgan fingerprint density at radius 1 is 1.45 bits per heavy atom. The summed E-state index contributed by atoms with van der Waals surface area (Å²) in [7, 11) is -2.92. The molecule has 0 spiro atoms. The van der Waals surface area contributed by atoms with Crippen molar-refractivity contribution in [3.63, 3.8) is 0 Å². The van der Waals surface area contributed by atoms with Crippen LogP contribution in [0.5, 0.6) is 5.75 Å². The van der Waals surface area contributed by atoms with E-state index in [1.54, 1.807) is 6.07 Å². The van der Waals surface area contributed by atoms with Crippen molar-refractivity contribution in [1.29, 1.82) is 0 Å². The molecule has 0 aliphatic carbocycles. The third kappa shape index (κ3) is 4.36. The van der Waals surface area contributed by atoms with Crippen LogP contribution in [0.1, 0.15) is 25.3 Å². The van der Waals surface area contributed by atoms with Crippen molar-refractivity contribution in [3.8, 4) is 5.75 Å². The second-order valence-corrected chi connectivity index (χ2v) is 7.74. The molecule has 0 bridgehead atoms. The molecule has 112 valence electrons. The fourth-order valence-corrected chi connectivity index (χ4v) is 4.02. The minimum Gasteiger partial charge on any atom is -0.489 e. The summed E-state index contributed by atoms with van der Waals surface area (Å²) in [6.45, 7) is 3.69. The van der Waals surface area contributed by atoms with E-state index in [1.807, 2.05) is 12.1 Å². The van der Waals surface area contributed by atoms with Gasteiger partial charge in [-0.3, -0.25) is 0 Å². The van der Waals surface area contributed by atoms with E-state index in [2.05, 4.69) is 12.2 Å². The molecule has 6 heteroatoms. The molecule has 1 N–H and O–H groups in total. The first-order valence-corrected chi connectivity index (χ1v) is 9.06. The molecule has 1 aromatic rings. The molecule has 1 saturated heterocycles. The third-order valence-electron chi connectivity index (χ3n) is 3.25. The topological polar surface area (TPSA) is 55.4 Å². The van der Waals surface area contributed by atoms with Gasteiger partial charge in [-0.2, -0.15) is 0 Å². The molecule has 2 rings (SSSR count). The molecule has 0 radical (unpaired) electrons. The standard InChI is InChI=1S/C14H20ClNO3S/c1-2-6-16-9-11-8-12(15)3-4-14(11)19-13-5-7-20(17,18)10-13/h3-4,8,13,16H,2,5-7,9-10H2,1H3. The molecule has 1 unspecified atom stereocenters. The predicted molar refractivity (Wildman–Crippen MR) is 81.1 cm³/mol. The normalized spacial score (nSPS) is 21.0. The van der Waals surface area contributed by atoms with Gasteiger partial charge in [0.05, 0.1) is 11.5 Å². The highest BCUT2D eigenvalue weighted by molar-refractivity contribution is 7.91. The van der Waals surface area contributed by atoms with E-state index in [1.165, 1.54) is 0 Å². The van der Waals surface area contributed by atoms with Crippen LogP contribution in [-0.2, 0) is 16.4 Å². The highest BCUT2D eigenvalue weighted by Crippen LogP contribution is 2.26. The number of ether oxygens (including phenoxy) is 1. The van der Waals surface area contributed by atoms with Gasteiger partial charge in [-0.1, -0.05) is 18.5 Å². The van der Waals surface area contributed by atoms with Crippen LogP contribution in [0.25, 0.3) is 0 Å². The van der Waals surface area contributed by atoms with Gasteiger partial charge < -0.3 is 10.1 Å². The maximum absolute atomic E-state index is 11.5. The summed E-state index contributed by atoms with van der Waals surface area (Å²) in [5.41, 5.74) is 0.968. The van der Waals surface area contributed by atoms with Crippen LogP contribution in [0.3, 0.4) is 0 Å². The molecule has 0 saturated carbocycles. The lowest BCUT2D eigenvalue weighted by atomic mass is 10.2. The molecule has 1 atom stereocenters. The fourth-order valence-electron chi connectivity index (χ4n) is 2.23. The van der Waals surface area contributed by atoms with Gasteiger partial charge in [0.1, 0.15) is 11.9 Å². The zero-order valence-corrected chi connectivity index (χ0v) is 13.1. The maximum atomic E-state index is 11.5. The summed E-state index contributed by atoms with van der Waals surface area (Å²) in [4.78, 5) is 0. The smallest absolute Gasteiger partial charge is 0.154 e. The summed E-state index contributed by atoms with van der Waals surface area (Å²) in [5.74, 6) is 1.05. The lowest BCUT2D eigenvalue weighted by Crippen LogP contribution is -2.20. The summed E-state index contributed by atoms with van der Waals surface area (Å²) in [6.07, 6.45) is 1.37. The lowest BCUT2D eigenvalue weighted by molar-refractivity contribution is 0.226. The first-order chi connectivity index (χ1) is 9.50. The van der Waals surface area contributed by atoms with Crippen LogP contribution in [0.4, 0.5) is 0 Å². The second-order valence-electron chi connectivity index (χ2n) is 5.07. The van der Waals surface area contributed by atoms with Crippen LogP contribution in [0.15, 0.2) is 18.2 Å². The number of rotatable bonds is 6. The van der Waals surface area contributed by atoms with Gasteiger partial charge in [0, 0.05) is 17.1 Å². The van der Waals surface area contributed by atoms with Crippen molar-refractivity contribution in [2.24, 2.45) is 0 Å². The number of hydrogen-bond acceptors (Lipinski definition) is 4. The van der Waals surface area contributed by atoms with E-state index in [0.29, 0.717) is 18.0 Å². The molecule has 1 heterocycles. The Bertz CT molecular complexity index is 560. The highest BCUT2D eigenvalue weighted by Gasteiger charge is 2.29. The van der Waals surface area contributed by atoms with Gasteiger partial charge in [0.25, 0.3) is 0 Å². The molecular weight excluding hydrogens is 298 g/mol. The van der Waals surface area contributed by atoms with E-state index < -0.39 is 9.84 Å². The van der Waals surface area contributed by atoms with Crippen molar-refractivity contribution in [2.75, 3.05) is 18.1 Å². The number of hydrogen-bond donors (Lipinski definition) is 1. The van der Waals surface area contributed by atoms with E-state index in [0.717, 1.165) is 24.3 Å². The van der Waals surface area contributed by atoms with Gasteiger partial charge in [0.15, 0.2) is 9.84 Å². The summed E-state index contributed by atoms with van der Waals surface area (Å²) < 4.78 is 28.8. The Morgan fingerprint density at radius 2 is 2.25 bits per heavy atom. The largest absolute Gasteiger partial charge is 0.489 e. The van der Waals surface area contributed by atoms with Gasteiger partial charge in [-0.15, -0.1) is 0 Å². The molecule has 1 aliphatic rings. The summed E-state index contributed by atoms with van der Waals surface area (Å²) >= 11 is 6.01. The maximum Gasteiger partial charge on any atom is 0.154 e. The van der Waals surface area contributed by atoms with E-state index >= 15 is 0 Å². The Balaban J connectivity index is 2.06. The summed E-state index contributed by atoms with van der Waals surface area (Å²) in [6, 6.07) is 5.45. The molecule has 4 nitrogen and oxygen atoms in total. The second kappa shape index (κ2) is 6.78. The average Bonchev–Trinajstić information content (AvgIpc) is 2.72. The summed E-state index contributed by atoms with van der Waals surface area (Å²) in [5, 5.41) is 3.96. The Hall–Kier alpha value is -0.780. The number of halogens is 1. The van der Waals surface area contributed by atoms with Crippen molar-refractivity contribution < 1.29 is 13.2 Å². The van der Waals surface area contributed by atoms with Crippen LogP contribution < -0.4 is 10.1 Å². The average molecular weight is 318 g/mol. The minimum absolute atomic E-state index is 0.109. The molecule has 1 aromatic carbocycles. The zero-order valence-electron chi connectivity index (χ0n) is 11.6. The van der Waals surface area contributed by atoms with Crippen LogP contribution in [0.2, 0.25) is 5.02 Å². The van der Waals surface area contributed by atoms with Crippen molar-refractivity contribution >= 4 is 21.4 Å². The van der Waals surface area contributed by atoms with Crippen molar-refractivity contribution in [3.05, 3.63) is 28.8 Å². The van der Waals surface area contributed by atoms with Gasteiger partial charge in [-0.05, 0) is 37.6 Å². The molecule has 0 aromatic heterocycles. The van der Waals surface area contributed by atoms with Gasteiger partial charge in [0.2, 0.25) is 0 Å². The minimum atomic E-state index is -2.92. The van der Waals surface area contributed by atoms with Crippen molar-refractivity contribution in [2.45, 2.75) is 32.4 Å². The zero-order chi connectivity index (χ0) is 14.6. The van der Waals surface area contributed by atoms with E-state index in [4.69, 9.17) is 16.3 Å². The highest BCUT2D eigenvalue weighted by atomic mass is 35.5. The number of benzene rings is 1. The lowest BCUT2D eigenvalue weighted by Gasteiger charge is -2.16. The first-order valence-electron chi connectivity index (χ1n) is 6.86. The Kier molecular flexibility index (Phi) is 5.29. The van der Waals surface area contributed by atoms with Gasteiger partial charge in [-0.25, -0.2) is 8.42 Å². The fraction of sp³-hybridized carbons (Fsp3) is 0.571. The molecule has 1 aliphatic heterocycles. The quantitative estimate of drug-likeness (QED) is 0.819. The first kappa shape index (κ1) is 15.6.